The van der Waals surface area contributed by atoms with Gasteiger partial charge < -0.3 is 14.6 Å². The van der Waals surface area contributed by atoms with Crippen LogP contribution in [0, 0.1) is 0 Å². The zero-order valence-corrected chi connectivity index (χ0v) is 10.8. The van der Waals surface area contributed by atoms with Gasteiger partial charge in [0.25, 0.3) is 0 Å². The first-order valence-electron chi connectivity index (χ1n) is 5.00. The number of hydrogen-bond acceptors (Lipinski definition) is 3. The predicted molar refractivity (Wildman–Crippen MR) is 64.6 cm³/mol. The summed E-state index contributed by atoms with van der Waals surface area (Å²) in [6.07, 6.45) is 0.451. The first kappa shape index (κ1) is 13.1. The molecular weight excluding hydrogens is 228 g/mol. The Bertz CT molecular complexity index is 369. The van der Waals surface area contributed by atoms with Crippen LogP contribution in [0.25, 0.3) is 0 Å². The maximum atomic E-state index is 9.81. The summed E-state index contributed by atoms with van der Waals surface area (Å²) in [5.41, 5.74) is 0.0162. The Morgan fingerprint density at radius 1 is 1.25 bits per heavy atom. The van der Waals surface area contributed by atoms with Crippen molar-refractivity contribution in [3.05, 3.63) is 22.7 Å². The Kier molecular flexibility index (Phi) is 4.05. The maximum absolute atomic E-state index is 9.81. The van der Waals surface area contributed by atoms with Gasteiger partial charge in [0.05, 0.1) is 19.8 Å². The Morgan fingerprint density at radius 2 is 1.88 bits per heavy atom. The van der Waals surface area contributed by atoms with E-state index in [1.54, 1.807) is 40.2 Å². The molecule has 1 rings (SSSR count). The Hall–Kier alpha value is -0.930. The molecule has 0 bridgehead atoms. The topological polar surface area (TPSA) is 38.7 Å². The lowest BCUT2D eigenvalue weighted by Gasteiger charge is -2.20. The van der Waals surface area contributed by atoms with Gasteiger partial charge in [-0.1, -0.05) is 11.6 Å². The highest BCUT2D eigenvalue weighted by molar-refractivity contribution is 6.30. The minimum atomic E-state index is -0.816. The highest BCUT2D eigenvalue weighted by Crippen LogP contribution is 2.36. The van der Waals surface area contributed by atoms with E-state index < -0.39 is 5.60 Å². The maximum Gasteiger partial charge on any atom is 0.164 e. The minimum absolute atomic E-state index is 0.451. The highest BCUT2D eigenvalue weighted by Gasteiger charge is 2.19. The monoisotopic (exact) mass is 244 g/mol. The summed E-state index contributed by atoms with van der Waals surface area (Å²) in [4.78, 5) is 0. The standard InChI is InChI=1S/C12H17ClO3/c1-12(2,14)7-8-5-9(13)6-10(15-3)11(8)16-4/h5-6,14H,7H2,1-4H3. The number of benzene rings is 1. The number of aliphatic hydroxyl groups is 1. The van der Waals surface area contributed by atoms with Crippen molar-refractivity contribution in [1.82, 2.24) is 0 Å². The van der Waals surface area contributed by atoms with Gasteiger partial charge >= 0.3 is 0 Å². The molecule has 0 heterocycles. The van der Waals surface area contributed by atoms with E-state index in [-0.39, 0.29) is 0 Å². The van der Waals surface area contributed by atoms with Gasteiger partial charge in [0.2, 0.25) is 0 Å². The normalized spacial score (nSPS) is 11.4. The van der Waals surface area contributed by atoms with Gasteiger partial charge in [0.1, 0.15) is 0 Å². The van der Waals surface area contributed by atoms with Gasteiger partial charge in [0.15, 0.2) is 11.5 Å². The van der Waals surface area contributed by atoms with E-state index in [0.717, 1.165) is 5.56 Å². The molecule has 0 radical (unpaired) electrons. The molecule has 0 aliphatic rings. The molecule has 0 atom stereocenters. The minimum Gasteiger partial charge on any atom is -0.493 e. The summed E-state index contributed by atoms with van der Waals surface area (Å²) >= 11 is 5.97. The van der Waals surface area contributed by atoms with Crippen molar-refractivity contribution in [3.8, 4) is 11.5 Å². The lowest BCUT2D eigenvalue weighted by molar-refractivity contribution is 0.0802. The average molecular weight is 245 g/mol. The molecular formula is C12H17ClO3. The van der Waals surface area contributed by atoms with Crippen LogP contribution in [0.15, 0.2) is 12.1 Å². The van der Waals surface area contributed by atoms with Crippen molar-refractivity contribution < 1.29 is 14.6 Å². The van der Waals surface area contributed by atoms with Crippen molar-refractivity contribution in [3.63, 3.8) is 0 Å². The molecule has 1 aromatic carbocycles. The third kappa shape index (κ3) is 3.29. The average Bonchev–Trinajstić information content (AvgIpc) is 2.14. The summed E-state index contributed by atoms with van der Waals surface area (Å²) in [6.45, 7) is 3.47. The molecule has 0 spiro atoms. The number of rotatable bonds is 4. The van der Waals surface area contributed by atoms with Crippen molar-refractivity contribution >= 4 is 11.6 Å². The molecule has 1 aromatic rings. The molecule has 0 aromatic heterocycles. The fourth-order valence-corrected chi connectivity index (χ4v) is 1.83. The van der Waals surface area contributed by atoms with E-state index in [1.807, 2.05) is 0 Å². The van der Waals surface area contributed by atoms with E-state index >= 15 is 0 Å². The zero-order valence-electron chi connectivity index (χ0n) is 10.0. The molecule has 0 amide bonds. The number of ether oxygens (including phenoxy) is 2. The molecule has 0 saturated heterocycles. The highest BCUT2D eigenvalue weighted by atomic mass is 35.5. The molecule has 1 N–H and O–H groups in total. The fourth-order valence-electron chi connectivity index (χ4n) is 1.60. The van der Waals surface area contributed by atoms with Crippen molar-refractivity contribution in [2.75, 3.05) is 14.2 Å². The Morgan fingerprint density at radius 3 is 2.31 bits per heavy atom. The van der Waals surface area contributed by atoms with E-state index in [4.69, 9.17) is 21.1 Å². The van der Waals surface area contributed by atoms with Crippen molar-refractivity contribution in [2.45, 2.75) is 25.9 Å². The lowest BCUT2D eigenvalue weighted by Crippen LogP contribution is -2.22. The van der Waals surface area contributed by atoms with Gasteiger partial charge in [-0.25, -0.2) is 0 Å². The van der Waals surface area contributed by atoms with Gasteiger partial charge in [-0.2, -0.15) is 0 Å². The molecule has 0 saturated carbocycles. The second-order valence-corrected chi connectivity index (χ2v) is 4.73. The van der Waals surface area contributed by atoms with Crippen LogP contribution in [0.5, 0.6) is 11.5 Å². The predicted octanol–water partition coefficient (Wildman–Crippen LogP) is 2.67. The number of methoxy groups -OCH3 is 2. The third-order valence-corrected chi connectivity index (χ3v) is 2.36. The summed E-state index contributed by atoms with van der Waals surface area (Å²) in [6, 6.07) is 3.47. The largest absolute Gasteiger partial charge is 0.493 e. The van der Waals surface area contributed by atoms with Crippen LogP contribution in [0.1, 0.15) is 19.4 Å². The van der Waals surface area contributed by atoms with Gasteiger partial charge in [0, 0.05) is 23.1 Å². The molecule has 16 heavy (non-hydrogen) atoms. The second kappa shape index (κ2) is 4.93. The Labute approximate surface area is 101 Å². The smallest absolute Gasteiger partial charge is 0.164 e. The SMILES string of the molecule is COc1cc(Cl)cc(CC(C)(C)O)c1OC. The van der Waals surface area contributed by atoms with Crippen molar-refractivity contribution in [2.24, 2.45) is 0 Å². The van der Waals surface area contributed by atoms with Gasteiger partial charge in [-0.15, -0.1) is 0 Å². The quantitative estimate of drug-likeness (QED) is 0.885. The first-order valence-corrected chi connectivity index (χ1v) is 5.38. The van der Waals surface area contributed by atoms with Gasteiger partial charge in [-0.05, 0) is 19.9 Å². The fraction of sp³-hybridized carbons (Fsp3) is 0.500. The Balaban J connectivity index is 3.20. The van der Waals surface area contributed by atoms with Crippen LogP contribution in [-0.4, -0.2) is 24.9 Å². The number of halogens is 1. The van der Waals surface area contributed by atoms with Crippen LogP contribution in [0.2, 0.25) is 5.02 Å². The molecule has 0 aliphatic carbocycles. The summed E-state index contributed by atoms with van der Waals surface area (Å²) in [5, 5.41) is 10.4. The third-order valence-electron chi connectivity index (χ3n) is 2.14. The summed E-state index contributed by atoms with van der Waals surface area (Å²) in [5.74, 6) is 1.20. The van der Waals surface area contributed by atoms with E-state index in [2.05, 4.69) is 0 Å². The van der Waals surface area contributed by atoms with Crippen LogP contribution in [0.3, 0.4) is 0 Å². The second-order valence-electron chi connectivity index (χ2n) is 4.29. The zero-order chi connectivity index (χ0) is 12.3. The van der Waals surface area contributed by atoms with E-state index in [0.29, 0.717) is 22.9 Å². The lowest BCUT2D eigenvalue weighted by atomic mass is 9.98. The molecule has 0 unspecified atom stereocenters. The molecule has 3 nitrogen and oxygen atoms in total. The van der Waals surface area contributed by atoms with Gasteiger partial charge in [-0.3, -0.25) is 0 Å². The van der Waals surface area contributed by atoms with E-state index in [9.17, 15) is 5.11 Å². The van der Waals surface area contributed by atoms with Crippen LogP contribution >= 0.6 is 11.6 Å². The van der Waals surface area contributed by atoms with Crippen molar-refractivity contribution in [1.29, 1.82) is 0 Å². The summed E-state index contributed by atoms with van der Waals surface area (Å²) in [7, 11) is 3.13. The summed E-state index contributed by atoms with van der Waals surface area (Å²) < 4.78 is 10.5. The van der Waals surface area contributed by atoms with E-state index in [1.165, 1.54) is 0 Å². The molecule has 90 valence electrons. The first-order chi connectivity index (χ1) is 7.37. The van der Waals surface area contributed by atoms with Crippen LogP contribution in [-0.2, 0) is 6.42 Å². The number of hydrogen-bond donors (Lipinski definition) is 1. The van der Waals surface area contributed by atoms with Crippen LogP contribution < -0.4 is 9.47 Å². The molecule has 0 aliphatic heterocycles. The molecule has 4 heteroatoms. The van der Waals surface area contributed by atoms with Crippen LogP contribution in [0.4, 0.5) is 0 Å². The molecule has 0 fully saturated rings.